The summed E-state index contributed by atoms with van der Waals surface area (Å²) < 4.78 is 14.9. The van der Waals surface area contributed by atoms with Gasteiger partial charge in [-0.25, -0.2) is 0 Å². The minimum atomic E-state index is 0.119. The number of aromatic nitrogens is 2. The van der Waals surface area contributed by atoms with Crippen LogP contribution in [0.3, 0.4) is 0 Å². The smallest absolute Gasteiger partial charge is 0.231 e. The van der Waals surface area contributed by atoms with Crippen LogP contribution in [0.25, 0.3) is 0 Å². The van der Waals surface area contributed by atoms with Gasteiger partial charge in [-0.15, -0.1) is 0 Å². The number of pyridine rings is 1. The molecule has 0 aliphatic carbocycles. The number of ether oxygens (including phenoxy) is 2. The summed E-state index contributed by atoms with van der Waals surface area (Å²) in [4.78, 5) is 12.8. The fourth-order valence-corrected chi connectivity index (χ4v) is 3.44. The first kappa shape index (κ1) is 17.3. The minimum Gasteiger partial charge on any atom is -0.454 e. The lowest BCUT2D eigenvalue weighted by atomic mass is 10.1. The lowest BCUT2D eigenvalue weighted by molar-refractivity contribution is -0.683. The van der Waals surface area contributed by atoms with E-state index in [9.17, 15) is 4.79 Å². The topological polar surface area (TPSA) is 44.3 Å². The Kier molecular flexibility index (Phi) is 4.44. The van der Waals surface area contributed by atoms with Crippen molar-refractivity contribution in [1.82, 2.24) is 4.57 Å². The SMILES string of the molecule is Cc1cc[n+](CC(=O)c2cc(C)n(Cc3ccc4c(c3)OCO4)c2C)cc1. The maximum absolute atomic E-state index is 12.8. The van der Waals surface area contributed by atoms with E-state index in [2.05, 4.69) is 4.57 Å². The van der Waals surface area contributed by atoms with Gasteiger partial charge in [-0.1, -0.05) is 6.07 Å². The second-order valence-corrected chi connectivity index (χ2v) is 7.03. The Balaban J connectivity index is 1.56. The first-order valence-electron chi connectivity index (χ1n) is 9.05. The van der Waals surface area contributed by atoms with E-state index in [0.29, 0.717) is 13.1 Å². The van der Waals surface area contributed by atoms with Gasteiger partial charge in [-0.3, -0.25) is 4.79 Å². The summed E-state index contributed by atoms with van der Waals surface area (Å²) >= 11 is 0. The normalized spacial score (nSPS) is 12.4. The third-order valence-electron chi connectivity index (χ3n) is 5.04. The molecule has 2 aromatic heterocycles. The van der Waals surface area contributed by atoms with Crippen LogP contribution in [-0.2, 0) is 13.1 Å². The van der Waals surface area contributed by atoms with Crippen LogP contribution in [0.5, 0.6) is 11.5 Å². The van der Waals surface area contributed by atoms with Crippen molar-refractivity contribution in [3.63, 3.8) is 0 Å². The van der Waals surface area contributed by atoms with Gasteiger partial charge in [0.2, 0.25) is 19.1 Å². The molecule has 4 rings (SSSR count). The number of fused-ring (bicyclic) bond motifs is 1. The number of carbonyl (C=O) groups excluding carboxylic acids is 1. The van der Waals surface area contributed by atoms with Crippen LogP contribution in [0.1, 0.15) is 32.9 Å². The number of nitrogens with zero attached hydrogens (tertiary/aromatic N) is 2. The molecule has 0 saturated carbocycles. The lowest BCUT2D eigenvalue weighted by Gasteiger charge is -2.10. The van der Waals surface area contributed by atoms with E-state index in [-0.39, 0.29) is 12.6 Å². The monoisotopic (exact) mass is 363 g/mol. The number of benzene rings is 1. The van der Waals surface area contributed by atoms with Crippen molar-refractivity contribution < 1.29 is 18.8 Å². The van der Waals surface area contributed by atoms with E-state index in [4.69, 9.17) is 9.47 Å². The van der Waals surface area contributed by atoms with Gasteiger partial charge < -0.3 is 14.0 Å². The molecule has 27 heavy (non-hydrogen) atoms. The molecule has 5 heteroatoms. The first-order chi connectivity index (χ1) is 13.0. The molecule has 0 bridgehead atoms. The van der Waals surface area contributed by atoms with Crippen molar-refractivity contribution in [1.29, 1.82) is 0 Å². The van der Waals surface area contributed by atoms with Gasteiger partial charge in [0.05, 0.1) is 0 Å². The van der Waals surface area contributed by atoms with E-state index in [1.165, 1.54) is 5.56 Å². The molecule has 1 aliphatic heterocycles. The predicted octanol–water partition coefficient (Wildman–Crippen LogP) is 3.36. The third kappa shape index (κ3) is 3.45. The average molecular weight is 363 g/mol. The predicted molar refractivity (Wildman–Crippen MR) is 101 cm³/mol. The van der Waals surface area contributed by atoms with Crippen LogP contribution in [-0.4, -0.2) is 17.1 Å². The summed E-state index contributed by atoms with van der Waals surface area (Å²) in [6.07, 6.45) is 3.89. The molecule has 1 aromatic carbocycles. The molecule has 1 aliphatic rings. The standard InChI is InChI=1S/C22H23N2O3/c1-15-6-8-23(9-7-15)13-20(25)19-10-16(2)24(17(19)3)12-18-4-5-21-22(11-18)27-14-26-21/h4-11H,12-14H2,1-3H3/q+1. The molecule has 3 heterocycles. The van der Waals surface area contributed by atoms with Crippen LogP contribution >= 0.6 is 0 Å². The molecule has 0 unspecified atom stereocenters. The van der Waals surface area contributed by atoms with Crippen molar-refractivity contribution in [3.05, 3.63) is 76.9 Å². The van der Waals surface area contributed by atoms with E-state index < -0.39 is 0 Å². The van der Waals surface area contributed by atoms with Gasteiger partial charge in [-0.2, -0.15) is 4.57 Å². The van der Waals surface area contributed by atoms with Crippen molar-refractivity contribution in [2.45, 2.75) is 33.9 Å². The Labute approximate surface area is 158 Å². The Morgan fingerprint density at radius 3 is 2.56 bits per heavy atom. The highest BCUT2D eigenvalue weighted by Crippen LogP contribution is 2.33. The summed E-state index contributed by atoms with van der Waals surface area (Å²) in [6, 6.07) is 12.0. The van der Waals surface area contributed by atoms with Gasteiger partial charge in [-0.05, 0) is 50.1 Å². The van der Waals surface area contributed by atoms with Gasteiger partial charge in [0.25, 0.3) is 0 Å². The molecule has 0 amide bonds. The minimum absolute atomic E-state index is 0.119. The Hall–Kier alpha value is -3.08. The summed E-state index contributed by atoms with van der Waals surface area (Å²) in [5, 5.41) is 0. The third-order valence-corrected chi connectivity index (χ3v) is 5.04. The van der Waals surface area contributed by atoms with Gasteiger partial charge in [0, 0.05) is 35.6 Å². The van der Waals surface area contributed by atoms with Crippen LogP contribution in [0.2, 0.25) is 0 Å². The number of ketones is 1. The number of aryl methyl sites for hydroxylation is 2. The van der Waals surface area contributed by atoms with E-state index in [1.807, 2.05) is 74.1 Å². The first-order valence-corrected chi connectivity index (χ1v) is 9.05. The zero-order chi connectivity index (χ0) is 19.0. The van der Waals surface area contributed by atoms with Crippen molar-refractivity contribution in [3.8, 4) is 11.5 Å². The quantitative estimate of drug-likeness (QED) is 0.516. The number of hydrogen-bond donors (Lipinski definition) is 0. The summed E-state index contributed by atoms with van der Waals surface area (Å²) in [7, 11) is 0. The highest BCUT2D eigenvalue weighted by molar-refractivity contribution is 5.96. The molecular formula is C22H23N2O3+. The van der Waals surface area contributed by atoms with E-state index in [1.54, 1.807) is 0 Å². The average Bonchev–Trinajstić information content (AvgIpc) is 3.23. The second kappa shape index (κ2) is 6.91. The molecule has 0 saturated heterocycles. The van der Waals surface area contributed by atoms with Crippen LogP contribution in [0, 0.1) is 20.8 Å². The van der Waals surface area contributed by atoms with Crippen LogP contribution in [0.15, 0.2) is 48.8 Å². The number of Topliss-reactive ketones (excluding diaryl/α,β-unsaturated/α-hetero) is 1. The van der Waals surface area contributed by atoms with Gasteiger partial charge in [0.15, 0.2) is 23.9 Å². The fraction of sp³-hybridized carbons (Fsp3) is 0.273. The zero-order valence-corrected chi connectivity index (χ0v) is 15.9. The molecule has 0 N–H and O–H groups in total. The summed E-state index contributed by atoms with van der Waals surface area (Å²) in [5.41, 5.74) is 5.14. The largest absolute Gasteiger partial charge is 0.454 e. The Morgan fingerprint density at radius 1 is 1.04 bits per heavy atom. The highest BCUT2D eigenvalue weighted by atomic mass is 16.7. The summed E-state index contributed by atoms with van der Waals surface area (Å²) in [5.74, 6) is 1.68. The molecule has 3 aromatic rings. The molecule has 5 nitrogen and oxygen atoms in total. The fourth-order valence-electron chi connectivity index (χ4n) is 3.44. The van der Waals surface area contributed by atoms with Crippen molar-refractivity contribution >= 4 is 5.78 Å². The maximum atomic E-state index is 12.8. The Morgan fingerprint density at radius 2 is 1.78 bits per heavy atom. The number of rotatable bonds is 5. The summed E-state index contributed by atoms with van der Waals surface area (Å²) in [6.45, 7) is 7.39. The highest BCUT2D eigenvalue weighted by Gasteiger charge is 2.20. The van der Waals surface area contributed by atoms with Crippen molar-refractivity contribution in [2.24, 2.45) is 0 Å². The van der Waals surface area contributed by atoms with E-state index >= 15 is 0 Å². The number of hydrogen-bond acceptors (Lipinski definition) is 3. The molecule has 0 atom stereocenters. The van der Waals surface area contributed by atoms with E-state index in [0.717, 1.165) is 34.0 Å². The van der Waals surface area contributed by atoms with Crippen molar-refractivity contribution in [2.75, 3.05) is 6.79 Å². The molecular weight excluding hydrogens is 340 g/mol. The second-order valence-electron chi connectivity index (χ2n) is 7.03. The molecule has 0 fully saturated rings. The number of carbonyl (C=O) groups is 1. The van der Waals surface area contributed by atoms with Crippen LogP contribution < -0.4 is 14.0 Å². The maximum Gasteiger partial charge on any atom is 0.231 e. The zero-order valence-electron chi connectivity index (χ0n) is 15.9. The van der Waals surface area contributed by atoms with Gasteiger partial charge in [0.1, 0.15) is 0 Å². The van der Waals surface area contributed by atoms with Crippen LogP contribution in [0.4, 0.5) is 0 Å². The molecule has 0 radical (unpaired) electrons. The van der Waals surface area contributed by atoms with Gasteiger partial charge >= 0.3 is 0 Å². The molecule has 0 spiro atoms. The molecule has 138 valence electrons. The Bertz CT molecular complexity index is 1000. The lowest BCUT2D eigenvalue weighted by Crippen LogP contribution is -2.37.